The van der Waals surface area contributed by atoms with E-state index in [-0.39, 0.29) is 16.3 Å². The molecule has 0 amide bonds. The summed E-state index contributed by atoms with van der Waals surface area (Å²) in [5.74, 6) is -0.513. The number of rotatable bonds is 4. The van der Waals surface area contributed by atoms with Gasteiger partial charge in [0.15, 0.2) is 0 Å². The minimum atomic E-state index is -3.74. The van der Waals surface area contributed by atoms with Crippen LogP contribution in [0.5, 0.6) is 0 Å². The van der Waals surface area contributed by atoms with E-state index in [1.807, 2.05) is 0 Å². The summed E-state index contributed by atoms with van der Waals surface area (Å²) in [6.45, 7) is 4.21. The average Bonchev–Trinajstić information content (AvgIpc) is 3.24. The normalized spacial score (nSPS) is 23.5. The van der Waals surface area contributed by atoms with E-state index >= 15 is 0 Å². The van der Waals surface area contributed by atoms with Crippen LogP contribution in [0.2, 0.25) is 0 Å². The van der Waals surface area contributed by atoms with Crippen molar-refractivity contribution in [1.82, 2.24) is 14.2 Å². The summed E-state index contributed by atoms with van der Waals surface area (Å²) >= 11 is 0. The van der Waals surface area contributed by atoms with E-state index in [1.165, 1.54) is 12.3 Å². The van der Waals surface area contributed by atoms with Crippen LogP contribution < -0.4 is 0 Å². The van der Waals surface area contributed by atoms with Crippen molar-refractivity contribution in [2.45, 2.75) is 23.8 Å². The van der Waals surface area contributed by atoms with Crippen molar-refractivity contribution in [2.24, 2.45) is 0 Å². The van der Waals surface area contributed by atoms with E-state index in [1.54, 1.807) is 16.4 Å². The summed E-state index contributed by atoms with van der Waals surface area (Å²) in [6, 6.07) is 4.48. The van der Waals surface area contributed by atoms with Crippen LogP contribution in [-0.2, 0) is 14.8 Å². The molecule has 2 aromatic rings. The summed E-state index contributed by atoms with van der Waals surface area (Å²) in [5.41, 5.74) is 0.502. The quantitative estimate of drug-likeness (QED) is 0.895. The molecule has 1 aromatic carbocycles. The zero-order valence-corrected chi connectivity index (χ0v) is 14.8. The van der Waals surface area contributed by atoms with Crippen molar-refractivity contribution in [1.29, 1.82) is 0 Å². The number of sulfonamides is 1. The second kappa shape index (κ2) is 6.68. The Balaban J connectivity index is 1.64. The van der Waals surface area contributed by atoms with E-state index in [9.17, 15) is 12.8 Å². The number of hydrogen-bond donors (Lipinski definition) is 1. The number of morpholine rings is 1. The molecule has 8 heteroatoms. The summed E-state index contributed by atoms with van der Waals surface area (Å²) in [5, 5.41) is 0.152. The van der Waals surface area contributed by atoms with Gasteiger partial charge in [0.05, 0.1) is 18.6 Å². The Hall–Kier alpha value is -1.48. The number of aromatic amines is 1. The van der Waals surface area contributed by atoms with Gasteiger partial charge in [0.1, 0.15) is 10.7 Å². The average molecular weight is 367 g/mol. The maximum Gasteiger partial charge on any atom is 0.245 e. The lowest BCUT2D eigenvalue weighted by molar-refractivity contribution is 0.0312. The van der Waals surface area contributed by atoms with Crippen LogP contribution in [0.1, 0.15) is 12.8 Å². The molecule has 136 valence electrons. The van der Waals surface area contributed by atoms with Gasteiger partial charge < -0.3 is 9.72 Å². The molecule has 1 N–H and O–H groups in total. The summed E-state index contributed by atoms with van der Waals surface area (Å²) in [4.78, 5) is 5.17. The molecule has 0 saturated carbocycles. The van der Waals surface area contributed by atoms with Crippen LogP contribution in [0.4, 0.5) is 4.39 Å². The molecule has 2 aliphatic rings. The fourth-order valence-corrected chi connectivity index (χ4v) is 5.69. The number of aromatic nitrogens is 1. The smallest absolute Gasteiger partial charge is 0.245 e. The molecule has 0 aliphatic carbocycles. The molecule has 6 nitrogen and oxygen atoms in total. The molecule has 25 heavy (non-hydrogen) atoms. The summed E-state index contributed by atoms with van der Waals surface area (Å²) in [7, 11) is -3.74. The lowest BCUT2D eigenvalue weighted by Crippen LogP contribution is -2.46. The molecule has 2 saturated heterocycles. The Morgan fingerprint density at radius 1 is 1.24 bits per heavy atom. The van der Waals surface area contributed by atoms with Crippen LogP contribution in [0.25, 0.3) is 10.9 Å². The third-order valence-electron chi connectivity index (χ3n) is 5.10. The Kier molecular flexibility index (Phi) is 4.53. The van der Waals surface area contributed by atoms with E-state index in [2.05, 4.69) is 9.88 Å². The van der Waals surface area contributed by atoms with Gasteiger partial charge in [-0.1, -0.05) is 6.07 Å². The highest BCUT2D eigenvalue weighted by molar-refractivity contribution is 7.89. The van der Waals surface area contributed by atoms with Crippen molar-refractivity contribution in [3.8, 4) is 0 Å². The van der Waals surface area contributed by atoms with Crippen molar-refractivity contribution in [2.75, 3.05) is 39.4 Å². The SMILES string of the molecule is O=S(=O)(c1c[nH]c2cccc(F)c12)N1CCCC1CN1CCOCC1. The summed E-state index contributed by atoms with van der Waals surface area (Å²) < 4.78 is 47.6. The minimum absolute atomic E-state index is 0.0366. The zero-order valence-electron chi connectivity index (χ0n) is 13.9. The number of benzene rings is 1. The maximum absolute atomic E-state index is 14.2. The Morgan fingerprint density at radius 2 is 2.04 bits per heavy atom. The predicted molar refractivity (Wildman–Crippen MR) is 92.4 cm³/mol. The number of fused-ring (bicyclic) bond motifs is 1. The second-order valence-corrected chi connectivity index (χ2v) is 8.50. The van der Waals surface area contributed by atoms with Gasteiger partial charge in [0, 0.05) is 43.9 Å². The van der Waals surface area contributed by atoms with Crippen LogP contribution >= 0.6 is 0 Å². The van der Waals surface area contributed by atoms with Gasteiger partial charge in [-0.3, -0.25) is 4.90 Å². The first-order valence-corrected chi connectivity index (χ1v) is 10.1. The van der Waals surface area contributed by atoms with Crippen LogP contribution in [0.15, 0.2) is 29.3 Å². The van der Waals surface area contributed by atoms with Crippen molar-refractivity contribution < 1.29 is 17.5 Å². The van der Waals surface area contributed by atoms with Gasteiger partial charge >= 0.3 is 0 Å². The molecule has 1 atom stereocenters. The van der Waals surface area contributed by atoms with E-state index in [4.69, 9.17) is 4.74 Å². The first-order chi connectivity index (χ1) is 12.1. The van der Waals surface area contributed by atoms with Gasteiger partial charge in [-0.25, -0.2) is 12.8 Å². The highest BCUT2D eigenvalue weighted by Crippen LogP contribution is 2.32. The monoisotopic (exact) mass is 367 g/mol. The van der Waals surface area contributed by atoms with Crippen molar-refractivity contribution in [3.05, 3.63) is 30.2 Å². The van der Waals surface area contributed by atoms with Gasteiger partial charge in [-0.05, 0) is 25.0 Å². The first-order valence-electron chi connectivity index (χ1n) is 8.65. The Morgan fingerprint density at radius 3 is 2.84 bits per heavy atom. The van der Waals surface area contributed by atoms with Crippen LogP contribution in [-0.4, -0.2) is 68.0 Å². The van der Waals surface area contributed by atoms with Gasteiger partial charge in [0.25, 0.3) is 0 Å². The fraction of sp³-hybridized carbons (Fsp3) is 0.529. The van der Waals surface area contributed by atoms with Crippen LogP contribution in [0, 0.1) is 5.82 Å². The predicted octanol–water partition coefficient (Wildman–Crippen LogP) is 1.79. The zero-order chi connectivity index (χ0) is 17.4. The largest absolute Gasteiger partial charge is 0.379 e. The lowest BCUT2D eigenvalue weighted by Gasteiger charge is -2.32. The second-order valence-electron chi connectivity index (χ2n) is 6.64. The lowest BCUT2D eigenvalue weighted by atomic mass is 10.2. The molecule has 2 aliphatic heterocycles. The van der Waals surface area contributed by atoms with Gasteiger partial charge in [-0.15, -0.1) is 0 Å². The van der Waals surface area contributed by atoms with Crippen LogP contribution in [0.3, 0.4) is 0 Å². The number of H-pyrrole nitrogens is 1. The maximum atomic E-state index is 14.2. The third kappa shape index (κ3) is 3.08. The van der Waals surface area contributed by atoms with E-state index in [0.717, 1.165) is 25.9 Å². The molecular weight excluding hydrogens is 345 g/mol. The third-order valence-corrected chi connectivity index (χ3v) is 7.08. The van der Waals surface area contributed by atoms with E-state index < -0.39 is 15.8 Å². The van der Waals surface area contributed by atoms with E-state index in [0.29, 0.717) is 31.8 Å². The topological polar surface area (TPSA) is 65.6 Å². The van der Waals surface area contributed by atoms with Gasteiger partial charge in [-0.2, -0.15) is 4.31 Å². The Bertz CT molecular complexity index is 861. The molecule has 3 heterocycles. The number of hydrogen-bond acceptors (Lipinski definition) is 4. The number of halogens is 1. The minimum Gasteiger partial charge on any atom is -0.379 e. The molecule has 2 fully saturated rings. The molecule has 1 aromatic heterocycles. The number of ether oxygens (including phenoxy) is 1. The molecule has 0 spiro atoms. The molecule has 1 unspecified atom stereocenters. The Labute approximate surface area is 146 Å². The fourth-order valence-electron chi connectivity index (χ4n) is 3.83. The number of nitrogens with zero attached hydrogens (tertiary/aromatic N) is 2. The highest BCUT2D eigenvalue weighted by Gasteiger charge is 2.38. The molecule has 0 radical (unpaired) electrons. The molecule has 4 rings (SSSR count). The van der Waals surface area contributed by atoms with Crippen molar-refractivity contribution in [3.63, 3.8) is 0 Å². The molecule has 0 bridgehead atoms. The van der Waals surface area contributed by atoms with Crippen molar-refractivity contribution >= 4 is 20.9 Å². The standard InChI is InChI=1S/C17H22FN3O3S/c18-14-4-1-5-15-17(14)16(11-19-15)25(22,23)21-6-2-3-13(21)12-20-7-9-24-10-8-20/h1,4-5,11,13,19H,2-3,6-10,12H2. The summed E-state index contributed by atoms with van der Waals surface area (Å²) in [6.07, 6.45) is 3.08. The van der Waals surface area contributed by atoms with Gasteiger partial charge in [0.2, 0.25) is 10.0 Å². The first kappa shape index (κ1) is 17.0. The highest BCUT2D eigenvalue weighted by atomic mass is 32.2. The molecular formula is C17H22FN3O3S. The number of nitrogens with one attached hydrogen (secondary N) is 1.